The van der Waals surface area contributed by atoms with Crippen LogP contribution in [0.15, 0.2) is 59.4 Å². The van der Waals surface area contributed by atoms with Crippen molar-refractivity contribution in [1.82, 2.24) is 15.1 Å². The second-order valence-electron chi connectivity index (χ2n) is 8.42. The van der Waals surface area contributed by atoms with Crippen LogP contribution in [-0.4, -0.2) is 38.4 Å². The van der Waals surface area contributed by atoms with Crippen LogP contribution in [0.4, 0.5) is 0 Å². The fourth-order valence-corrected chi connectivity index (χ4v) is 3.23. The molecular weight excluding hydrogens is 410 g/mol. The first-order valence-corrected chi connectivity index (χ1v) is 10.1. The molecule has 8 heteroatoms. The number of hydrogen-bond acceptors (Lipinski definition) is 5. The Morgan fingerprint density at radius 2 is 1.59 bits per heavy atom. The number of rotatable bonds is 6. The summed E-state index contributed by atoms with van der Waals surface area (Å²) < 4.78 is 1.12. The Hall–Kier alpha value is -3.94. The highest BCUT2D eigenvalue weighted by molar-refractivity contribution is 5.98. The molecule has 0 aliphatic rings. The van der Waals surface area contributed by atoms with Crippen molar-refractivity contribution < 1.29 is 19.8 Å². The smallest absolute Gasteiger partial charge is 0.322 e. The Morgan fingerprint density at radius 1 is 1.00 bits per heavy atom. The number of hydrogen-bond donors (Lipinski definition) is 3. The molecule has 0 bridgehead atoms. The second kappa shape index (κ2) is 9.05. The standard InChI is InChI=1S/C24H25N3O5/c1-24(2,3)21-20(30)19(22(31)25-13-18(28)29)23(32)27(26-21)14-15-9-11-17(12-10-15)16-7-5-4-6-8-16/h4-12,30H,13-14H2,1-3H3,(H,25,31)(H,28,29). The summed E-state index contributed by atoms with van der Waals surface area (Å²) in [4.78, 5) is 36.3. The lowest BCUT2D eigenvalue weighted by atomic mass is 9.90. The van der Waals surface area contributed by atoms with E-state index in [4.69, 9.17) is 5.11 Å². The summed E-state index contributed by atoms with van der Waals surface area (Å²) in [6.45, 7) is 4.77. The fourth-order valence-electron chi connectivity index (χ4n) is 3.23. The molecular formula is C24H25N3O5. The van der Waals surface area contributed by atoms with Crippen LogP contribution in [0.1, 0.15) is 42.4 Å². The molecule has 0 unspecified atom stereocenters. The molecule has 1 heterocycles. The third kappa shape index (κ3) is 5.03. The average Bonchev–Trinajstić information content (AvgIpc) is 2.74. The lowest BCUT2D eigenvalue weighted by Gasteiger charge is -2.21. The van der Waals surface area contributed by atoms with Crippen LogP contribution in [0.25, 0.3) is 11.1 Å². The van der Waals surface area contributed by atoms with Crippen molar-refractivity contribution >= 4 is 11.9 Å². The Kier molecular flexibility index (Phi) is 6.43. The predicted molar refractivity (Wildman–Crippen MR) is 120 cm³/mol. The van der Waals surface area contributed by atoms with Crippen molar-refractivity contribution in [3.05, 3.63) is 81.8 Å². The first-order valence-electron chi connectivity index (χ1n) is 10.1. The predicted octanol–water partition coefficient (Wildman–Crippen LogP) is 2.78. The molecule has 0 aliphatic carbocycles. The number of carboxylic acids is 1. The molecule has 166 valence electrons. The van der Waals surface area contributed by atoms with Gasteiger partial charge >= 0.3 is 5.97 Å². The van der Waals surface area contributed by atoms with E-state index in [1.54, 1.807) is 20.8 Å². The molecule has 3 aromatic rings. The van der Waals surface area contributed by atoms with Crippen LogP contribution in [0, 0.1) is 0 Å². The Bertz CT molecular complexity index is 1190. The van der Waals surface area contributed by atoms with Crippen molar-refractivity contribution in [2.45, 2.75) is 32.7 Å². The molecule has 0 spiro atoms. The maximum absolute atomic E-state index is 13.0. The highest BCUT2D eigenvalue weighted by Crippen LogP contribution is 2.29. The van der Waals surface area contributed by atoms with E-state index in [-0.39, 0.29) is 12.2 Å². The van der Waals surface area contributed by atoms with Crippen LogP contribution in [0.3, 0.4) is 0 Å². The zero-order valence-corrected chi connectivity index (χ0v) is 18.1. The maximum Gasteiger partial charge on any atom is 0.322 e. The molecule has 0 fully saturated rings. The van der Waals surface area contributed by atoms with Gasteiger partial charge in [-0.05, 0) is 16.7 Å². The van der Waals surface area contributed by atoms with Crippen molar-refractivity contribution in [3.63, 3.8) is 0 Å². The maximum atomic E-state index is 13.0. The molecule has 0 radical (unpaired) electrons. The number of aliphatic carboxylic acids is 1. The van der Waals surface area contributed by atoms with Gasteiger partial charge < -0.3 is 15.5 Å². The average molecular weight is 435 g/mol. The van der Waals surface area contributed by atoms with Gasteiger partial charge in [0.25, 0.3) is 11.5 Å². The molecule has 1 aromatic heterocycles. The zero-order chi connectivity index (χ0) is 23.5. The van der Waals surface area contributed by atoms with E-state index >= 15 is 0 Å². The SMILES string of the molecule is CC(C)(C)c1nn(Cc2ccc(-c3ccccc3)cc2)c(=O)c(C(=O)NCC(=O)O)c1O. The number of carbonyl (C=O) groups excluding carboxylic acids is 1. The molecule has 0 atom stereocenters. The number of aromatic nitrogens is 2. The summed E-state index contributed by atoms with van der Waals surface area (Å²) >= 11 is 0. The lowest BCUT2D eigenvalue weighted by molar-refractivity contribution is -0.135. The molecule has 2 aromatic carbocycles. The lowest BCUT2D eigenvalue weighted by Crippen LogP contribution is -2.38. The minimum Gasteiger partial charge on any atom is -0.505 e. The van der Waals surface area contributed by atoms with Gasteiger partial charge in [-0.25, -0.2) is 4.68 Å². The van der Waals surface area contributed by atoms with Crippen LogP contribution < -0.4 is 10.9 Å². The number of carbonyl (C=O) groups is 2. The van der Waals surface area contributed by atoms with E-state index < -0.39 is 40.7 Å². The Balaban J connectivity index is 2.00. The highest BCUT2D eigenvalue weighted by Gasteiger charge is 2.29. The number of amides is 1. The fraction of sp³-hybridized carbons (Fsp3) is 0.250. The summed E-state index contributed by atoms with van der Waals surface area (Å²) in [5, 5.41) is 25.9. The molecule has 0 aliphatic heterocycles. The third-order valence-electron chi connectivity index (χ3n) is 4.86. The van der Waals surface area contributed by atoms with Crippen LogP contribution >= 0.6 is 0 Å². The molecule has 3 rings (SSSR count). The van der Waals surface area contributed by atoms with E-state index in [1.165, 1.54) is 0 Å². The Labute approximate surface area is 185 Å². The zero-order valence-electron chi connectivity index (χ0n) is 18.1. The van der Waals surface area contributed by atoms with E-state index in [1.807, 2.05) is 54.6 Å². The largest absolute Gasteiger partial charge is 0.505 e. The molecule has 0 saturated carbocycles. The Morgan fingerprint density at radius 3 is 2.16 bits per heavy atom. The summed E-state index contributed by atoms with van der Waals surface area (Å²) in [5.41, 5.74) is 1.03. The normalized spacial score (nSPS) is 11.2. The first-order chi connectivity index (χ1) is 15.1. The van der Waals surface area contributed by atoms with E-state index in [0.717, 1.165) is 21.4 Å². The molecule has 3 N–H and O–H groups in total. The van der Waals surface area contributed by atoms with E-state index in [0.29, 0.717) is 0 Å². The van der Waals surface area contributed by atoms with Crippen LogP contribution in [0.2, 0.25) is 0 Å². The topological polar surface area (TPSA) is 122 Å². The number of benzene rings is 2. The number of aromatic hydroxyl groups is 1. The van der Waals surface area contributed by atoms with Crippen molar-refractivity contribution in [3.8, 4) is 16.9 Å². The summed E-state index contributed by atoms with van der Waals surface area (Å²) in [6, 6.07) is 17.4. The number of carboxylic acid groups (broad SMARTS) is 1. The van der Waals surface area contributed by atoms with Gasteiger partial charge in [-0.2, -0.15) is 5.10 Å². The minimum atomic E-state index is -1.26. The first kappa shape index (κ1) is 22.7. The monoisotopic (exact) mass is 435 g/mol. The van der Waals surface area contributed by atoms with Crippen molar-refractivity contribution in [1.29, 1.82) is 0 Å². The van der Waals surface area contributed by atoms with Gasteiger partial charge in [0, 0.05) is 5.41 Å². The summed E-state index contributed by atoms with van der Waals surface area (Å²) in [5.74, 6) is -2.76. The third-order valence-corrected chi connectivity index (χ3v) is 4.86. The molecule has 32 heavy (non-hydrogen) atoms. The summed E-state index contributed by atoms with van der Waals surface area (Å²) in [7, 11) is 0. The molecule has 0 saturated heterocycles. The van der Waals surface area contributed by atoms with Gasteiger partial charge in [-0.15, -0.1) is 0 Å². The van der Waals surface area contributed by atoms with Gasteiger partial charge in [0.05, 0.1) is 6.54 Å². The van der Waals surface area contributed by atoms with E-state index in [2.05, 4.69) is 10.4 Å². The minimum absolute atomic E-state index is 0.0798. The van der Waals surface area contributed by atoms with Crippen molar-refractivity contribution in [2.24, 2.45) is 0 Å². The quantitative estimate of drug-likeness (QED) is 0.547. The van der Waals surface area contributed by atoms with E-state index in [9.17, 15) is 19.5 Å². The number of nitrogens with one attached hydrogen (secondary N) is 1. The van der Waals surface area contributed by atoms with Gasteiger partial charge in [0.1, 0.15) is 17.8 Å². The summed E-state index contributed by atoms with van der Waals surface area (Å²) in [6.07, 6.45) is 0. The highest BCUT2D eigenvalue weighted by atomic mass is 16.4. The van der Waals surface area contributed by atoms with Gasteiger partial charge in [0.15, 0.2) is 5.75 Å². The van der Waals surface area contributed by atoms with Gasteiger partial charge in [-0.1, -0.05) is 75.4 Å². The van der Waals surface area contributed by atoms with Crippen LogP contribution in [-0.2, 0) is 16.8 Å². The van der Waals surface area contributed by atoms with Crippen molar-refractivity contribution in [2.75, 3.05) is 6.54 Å². The second-order valence-corrected chi connectivity index (χ2v) is 8.42. The van der Waals surface area contributed by atoms with Crippen LogP contribution in [0.5, 0.6) is 5.75 Å². The van der Waals surface area contributed by atoms with Gasteiger partial charge in [-0.3, -0.25) is 14.4 Å². The number of nitrogens with zero attached hydrogens (tertiary/aromatic N) is 2. The van der Waals surface area contributed by atoms with Gasteiger partial charge in [0.2, 0.25) is 0 Å². The molecule has 8 nitrogen and oxygen atoms in total. The molecule has 1 amide bonds.